The molecule has 0 aromatic rings. The monoisotopic (exact) mass is 536 g/mol. The Hall–Kier alpha value is -1.45. The molecule has 0 radical (unpaired) electrons. The fourth-order valence-electron chi connectivity index (χ4n) is 5.15. The summed E-state index contributed by atoms with van der Waals surface area (Å²) in [6.07, 6.45) is 2.43. The van der Waals surface area contributed by atoms with Gasteiger partial charge in [-0.15, -0.1) is 0 Å². The van der Waals surface area contributed by atoms with Crippen molar-refractivity contribution in [3.63, 3.8) is 0 Å². The minimum atomic E-state index is -4.50. The molecule has 1 aliphatic carbocycles. The molecular formula is C28H44F4O5. The first-order chi connectivity index (χ1) is 17.5. The fraction of sp³-hybridized carbons (Fsp3) is 0.821. The number of carbonyl (C=O) groups is 1. The highest BCUT2D eigenvalue weighted by atomic mass is 19.4. The minimum Gasteiger partial charge on any atom is -0.469 e. The highest BCUT2D eigenvalue weighted by molar-refractivity contribution is 5.69. The number of carbonyl (C=O) groups excluding carboxylic acids is 1. The molecule has 1 N–H and O–H groups in total. The Morgan fingerprint density at radius 1 is 1.16 bits per heavy atom. The van der Waals surface area contributed by atoms with E-state index in [9.17, 15) is 23.1 Å². The molecule has 1 saturated heterocycles. The van der Waals surface area contributed by atoms with E-state index in [0.29, 0.717) is 51.6 Å². The van der Waals surface area contributed by atoms with E-state index >= 15 is 4.39 Å². The summed E-state index contributed by atoms with van der Waals surface area (Å²) in [6.45, 7) is 3.49. The molecule has 214 valence electrons. The van der Waals surface area contributed by atoms with Crippen LogP contribution in [-0.2, 0) is 19.0 Å². The fourth-order valence-corrected chi connectivity index (χ4v) is 5.15. The summed E-state index contributed by atoms with van der Waals surface area (Å²) >= 11 is 0. The van der Waals surface area contributed by atoms with Crippen molar-refractivity contribution in [2.24, 2.45) is 17.3 Å². The number of alkyl halides is 4. The lowest BCUT2D eigenvalue weighted by molar-refractivity contribution is -0.279. The van der Waals surface area contributed by atoms with Crippen LogP contribution in [0.3, 0.4) is 0 Å². The largest absolute Gasteiger partial charge is 0.469 e. The summed E-state index contributed by atoms with van der Waals surface area (Å²) in [7, 11) is 1.31. The van der Waals surface area contributed by atoms with Crippen molar-refractivity contribution in [3.8, 4) is 0 Å². The molecular weight excluding hydrogens is 492 g/mol. The Bertz CT molecular complexity index is 735. The van der Waals surface area contributed by atoms with Gasteiger partial charge in [-0.1, -0.05) is 44.1 Å². The first-order valence-electron chi connectivity index (χ1n) is 13.6. The van der Waals surface area contributed by atoms with Gasteiger partial charge in [0.1, 0.15) is 6.17 Å². The molecule has 1 saturated carbocycles. The molecule has 0 spiro atoms. The number of hydrogen-bond donors (Lipinski definition) is 1. The molecule has 0 aromatic heterocycles. The molecule has 37 heavy (non-hydrogen) atoms. The Balaban J connectivity index is 2.18. The predicted molar refractivity (Wildman–Crippen MR) is 133 cm³/mol. The lowest BCUT2D eigenvalue weighted by Crippen LogP contribution is -2.47. The first-order valence-corrected chi connectivity index (χ1v) is 13.6. The maximum atomic E-state index is 15.1. The summed E-state index contributed by atoms with van der Waals surface area (Å²) in [4.78, 5) is 11.2. The van der Waals surface area contributed by atoms with Gasteiger partial charge in [0.2, 0.25) is 0 Å². The number of allylic oxidation sites excluding steroid dienone is 3. The van der Waals surface area contributed by atoms with Crippen LogP contribution in [0.4, 0.5) is 17.6 Å². The summed E-state index contributed by atoms with van der Waals surface area (Å²) < 4.78 is 74.4. The van der Waals surface area contributed by atoms with Crippen molar-refractivity contribution in [1.82, 2.24) is 0 Å². The number of unbranched alkanes of at least 4 members (excludes halogenated alkanes) is 2. The van der Waals surface area contributed by atoms with Crippen molar-refractivity contribution >= 4 is 5.97 Å². The smallest absolute Gasteiger partial charge is 0.397 e. The molecule has 7 atom stereocenters. The molecule has 1 aliphatic heterocycles. The first kappa shape index (κ1) is 31.8. The SMILES string of the molecule is CCCCC(C)([C@@H](C=C[C@H]1CC[C@H](O)[C@@H]1[C@@H](F)C=CCCCC(=O)OC)OC1CCCCO1)C(F)(F)F. The maximum Gasteiger partial charge on any atom is 0.397 e. The number of halogens is 4. The number of aliphatic hydroxyl groups excluding tert-OH is 1. The van der Waals surface area contributed by atoms with Gasteiger partial charge in [-0.2, -0.15) is 13.2 Å². The molecule has 2 fully saturated rings. The lowest BCUT2D eigenvalue weighted by atomic mass is 9.77. The van der Waals surface area contributed by atoms with Gasteiger partial charge >= 0.3 is 12.1 Å². The number of aliphatic hydroxyl groups is 1. The third-order valence-corrected chi connectivity index (χ3v) is 7.70. The van der Waals surface area contributed by atoms with Gasteiger partial charge < -0.3 is 19.3 Å². The Kier molecular flexibility index (Phi) is 13.1. The second-order valence-corrected chi connectivity index (χ2v) is 10.5. The van der Waals surface area contributed by atoms with Crippen LogP contribution < -0.4 is 0 Å². The van der Waals surface area contributed by atoms with Crippen molar-refractivity contribution < 1.29 is 41.7 Å². The number of rotatable bonds is 14. The van der Waals surface area contributed by atoms with Gasteiger partial charge in [-0.05, 0) is 64.2 Å². The third-order valence-electron chi connectivity index (χ3n) is 7.70. The average Bonchev–Trinajstić information content (AvgIpc) is 3.24. The predicted octanol–water partition coefficient (Wildman–Crippen LogP) is 6.84. The number of methoxy groups -OCH3 is 1. The minimum absolute atomic E-state index is 0.0918. The Morgan fingerprint density at radius 3 is 2.54 bits per heavy atom. The van der Waals surface area contributed by atoms with E-state index in [-0.39, 0.29) is 18.8 Å². The molecule has 0 aromatic carbocycles. The highest BCUT2D eigenvalue weighted by Crippen LogP contribution is 2.47. The molecule has 2 aliphatic rings. The summed E-state index contributed by atoms with van der Waals surface area (Å²) in [5, 5.41) is 10.5. The quantitative estimate of drug-likeness (QED) is 0.114. The second kappa shape index (κ2) is 15.2. The summed E-state index contributed by atoms with van der Waals surface area (Å²) in [5.74, 6) is -1.51. The van der Waals surface area contributed by atoms with Crippen molar-refractivity contribution in [3.05, 3.63) is 24.3 Å². The van der Waals surface area contributed by atoms with Gasteiger partial charge in [-0.25, -0.2) is 4.39 Å². The Labute approximate surface area is 218 Å². The lowest BCUT2D eigenvalue weighted by Gasteiger charge is -2.40. The normalized spacial score (nSPS) is 28.4. The van der Waals surface area contributed by atoms with Gasteiger partial charge in [0, 0.05) is 18.9 Å². The van der Waals surface area contributed by atoms with E-state index in [1.807, 2.05) is 6.92 Å². The molecule has 5 nitrogen and oxygen atoms in total. The highest BCUT2D eigenvalue weighted by Gasteiger charge is 2.56. The van der Waals surface area contributed by atoms with Crippen molar-refractivity contribution in [2.45, 2.75) is 115 Å². The number of hydrogen-bond acceptors (Lipinski definition) is 5. The zero-order valence-electron chi connectivity index (χ0n) is 22.4. The third kappa shape index (κ3) is 9.36. The standard InChI is InChI=1S/C28H44F4O5/c1-4-5-18-27(2,28(30,31)32)23(37-25-13-9-10-19-36-25)17-15-20-14-16-22(33)26(20)21(29)11-7-6-8-12-24(34)35-3/h7,11,15,17,20-23,25-26,33H,4-6,8-10,12-14,16,18-19H2,1-3H3/t20-,21+,22+,23-,25?,26+,27?/m1/s1. The van der Waals surface area contributed by atoms with Crippen LogP contribution in [-0.4, -0.2) is 55.6 Å². The van der Waals surface area contributed by atoms with E-state index < -0.39 is 48.1 Å². The van der Waals surface area contributed by atoms with Crippen molar-refractivity contribution in [1.29, 1.82) is 0 Å². The molecule has 0 amide bonds. The maximum absolute atomic E-state index is 15.1. The van der Waals surface area contributed by atoms with E-state index in [1.54, 1.807) is 12.2 Å². The van der Waals surface area contributed by atoms with Crippen LogP contribution in [0.25, 0.3) is 0 Å². The molecule has 2 rings (SSSR count). The second-order valence-electron chi connectivity index (χ2n) is 10.5. The van der Waals surface area contributed by atoms with Crippen LogP contribution in [0.5, 0.6) is 0 Å². The average molecular weight is 537 g/mol. The van der Waals surface area contributed by atoms with Crippen LogP contribution in [0.1, 0.15) is 84.5 Å². The number of ether oxygens (including phenoxy) is 3. The van der Waals surface area contributed by atoms with E-state index in [0.717, 1.165) is 12.8 Å². The van der Waals surface area contributed by atoms with Crippen LogP contribution in [0, 0.1) is 17.3 Å². The van der Waals surface area contributed by atoms with E-state index in [2.05, 4.69) is 4.74 Å². The number of esters is 1. The summed E-state index contributed by atoms with van der Waals surface area (Å²) in [5.41, 5.74) is -2.12. The van der Waals surface area contributed by atoms with Gasteiger partial charge in [0.15, 0.2) is 6.29 Å². The van der Waals surface area contributed by atoms with Crippen LogP contribution >= 0.6 is 0 Å². The zero-order valence-corrected chi connectivity index (χ0v) is 22.4. The molecule has 9 heteroatoms. The van der Waals surface area contributed by atoms with Crippen LogP contribution in [0.2, 0.25) is 0 Å². The van der Waals surface area contributed by atoms with Crippen molar-refractivity contribution in [2.75, 3.05) is 13.7 Å². The van der Waals surface area contributed by atoms with Crippen LogP contribution in [0.15, 0.2) is 24.3 Å². The van der Waals surface area contributed by atoms with Gasteiger partial charge in [0.25, 0.3) is 0 Å². The molecule has 1 heterocycles. The van der Waals surface area contributed by atoms with E-state index in [4.69, 9.17) is 9.47 Å². The van der Waals surface area contributed by atoms with E-state index in [1.165, 1.54) is 26.2 Å². The van der Waals surface area contributed by atoms with Gasteiger partial charge in [-0.3, -0.25) is 4.79 Å². The van der Waals surface area contributed by atoms with Gasteiger partial charge in [0.05, 0.1) is 24.7 Å². The topological polar surface area (TPSA) is 65.0 Å². The summed E-state index contributed by atoms with van der Waals surface area (Å²) in [6, 6.07) is 0. The zero-order chi connectivity index (χ0) is 27.5. The Morgan fingerprint density at radius 2 is 1.92 bits per heavy atom. The molecule has 2 unspecified atom stereocenters. The molecule has 0 bridgehead atoms.